The van der Waals surface area contributed by atoms with Crippen LogP contribution in [0.15, 0.2) is 29.3 Å². The Labute approximate surface area is 173 Å². The molecule has 7 nitrogen and oxygen atoms in total. The van der Waals surface area contributed by atoms with Crippen molar-refractivity contribution >= 4 is 41.7 Å². The van der Waals surface area contributed by atoms with E-state index in [9.17, 15) is 4.79 Å². The lowest BCUT2D eigenvalue weighted by Crippen LogP contribution is -2.33. The molecule has 0 aromatic heterocycles. The number of para-hydroxylation sites is 1. The zero-order chi connectivity index (χ0) is 18.7. The number of unbranched alkanes of at least 4 members (excludes halogenated alkanes) is 1. The van der Waals surface area contributed by atoms with Gasteiger partial charge in [-0.15, -0.1) is 24.0 Å². The molecular weight excluding hydrogens is 447 g/mol. The van der Waals surface area contributed by atoms with Gasteiger partial charge in [-0.3, -0.25) is 4.99 Å². The Hall–Kier alpha value is -1.55. The normalized spacial score (nSPS) is 11.5. The third kappa shape index (κ3) is 11.1. The molecule has 1 rings (SSSR count). The summed E-state index contributed by atoms with van der Waals surface area (Å²) in [7, 11) is 1.65. The predicted molar refractivity (Wildman–Crippen MR) is 116 cm³/mol. The number of benzene rings is 1. The molecule has 26 heavy (non-hydrogen) atoms. The molecule has 0 heterocycles. The van der Waals surface area contributed by atoms with Crippen LogP contribution in [-0.2, 0) is 16.1 Å². The first kappa shape index (κ1) is 24.5. The number of nitrogens with zero attached hydrogens (tertiary/aromatic N) is 1. The SMILES string of the molecule is COCc1ccccc1NC(N)=NCCCCNC(=O)OC(C)(C)C.I. The summed E-state index contributed by atoms with van der Waals surface area (Å²) in [4.78, 5) is 15.8. The van der Waals surface area contributed by atoms with Gasteiger partial charge in [-0.1, -0.05) is 18.2 Å². The second kappa shape index (κ2) is 12.7. The van der Waals surface area contributed by atoms with Crippen LogP contribution in [0.3, 0.4) is 0 Å². The number of nitrogens with two attached hydrogens (primary N) is 1. The quantitative estimate of drug-likeness (QED) is 0.230. The van der Waals surface area contributed by atoms with Crippen LogP contribution in [0.2, 0.25) is 0 Å². The van der Waals surface area contributed by atoms with Gasteiger partial charge >= 0.3 is 6.09 Å². The molecule has 0 saturated carbocycles. The molecule has 0 aliphatic carbocycles. The van der Waals surface area contributed by atoms with Crippen LogP contribution < -0.4 is 16.4 Å². The van der Waals surface area contributed by atoms with Crippen LogP contribution in [0.4, 0.5) is 10.5 Å². The van der Waals surface area contributed by atoms with Gasteiger partial charge in [0.15, 0.2) is 5.96 Å². The molecule has 0 aliphatic rings. The minimum atomic E-state index is -0.479. The maximum atomic E-state index is 11.5. The van der Waals surface area contributed by atoms with Crippen LogP contribution in [0.25, 0.3) is 0 Å². The standard InChI is InChI=1S/C18H30N4O3.HI/c1-18(2,3)25-17(23)21-12-8-7-11-20-16(19)22-15-10-6-5-9-14(15)13-24-4;/h5-6,9-10H,7-8,11-13H2,1-4H3,(H,21,23)(H3,19,20,22);1H. The molecule has 1 aromatic rings. The van der Waals surface area contributed by atoms with E-state index in [2.05, 4.69) is 15.6 Å². The number of nitrogens with one attached hydrogen (secondary N) is 2. The van der Waals surface area contributed by atoms with E-state index in [0.29, 0.717) is 25.7 Å². The lowest BCUT2D eigenvalue weighted by atomic mass is 10.2. The fraction of sp³-hybridized carbons (Fsp3) is 0.556. The van der Waals surface area contributed by atoms with Crippen molar-refractivity contribution < 1.29 is 14.3 Å². The summed E-state index contributed by atoms with van der Waals surface area (Å²) < 4.78 is 10.3. The van der Waals surface area contributed by atoms with Crippen LogP contribution in [-0.4, -0.2) is 37.9 Å². The van der Waals surface area contributed by atoms with Gasteiger partial charge in [-0.2, -0.15) is 0 Å². The Balaban J connectivity index is 0.00000625. The molecule has 1 aromatic carbocycles. The monoisotopic (exact) mass is 478 g/mol. The Bertz CT molecular complexity index is 574. The summed E-state index contributed by atoms with van der Waals surface area (Å²) in [5.74, 6) is 0.364. The van der Waals surface area contributed by atoms with Crippen molar-refractivity contribution in [3.63, 3.8) is 0 Å². The molecule has 0 unspecified atom stereocenters. The number of carbonyl (C=O) groups excluding carboxylic acids is 1. The Morgan fingerprint density at radius 1 is 1.23 bits per heavy atom. The highest BCUT2D eigenvalue weighted by Crippen LogP contribution is 2.15. The minimum absolute atomic E-state index is 0. The number of aliphatic imine (C=N–C) groups is 1. The van der Waals surface area contributed by atoms with Gasteiger partial charge < -0.3 is 25.8 Å². The maximum Gasteiger partial charge on any atom is 0.407 e. The van der Waals surface area contributed by atoms with Crippen molar-refractivity contribution in [2.24, 2.45) is 10.7 Å². The van der Waals surface area contributed by atoms with E-state index in [0.717, 1.165) is 24.1 Å². The highest BCUT2D eigenvalue weighted by atomic mass is 127. The molecule has 8 heteroatoms. The van der Waals surface area contributed by atoms with Crippen molar-refractivity contribution in [3.05, 3.63) is 29.8 Å². The number of hydrogen-bond donors (Lipinski definition) is 3. The lowest BCUT2D eigenvalue weighted by Gasteiger charge is -2.19. The number of anilines is 1. The fourth-order valence-electron chi connectivity index (χ4n) is 2.04. The van der Waals surface area contributed by atoms with Crippen molar-refractivity contribution in [2.75, 3.05) is 25.5 Å². The molecular formula is C18H31IN4O3. The van der Waals surface area contributed by atoms with E-state index < -0.39 is 11.7 Å². The number of halogens is 1. The van der Waals surface area contributed by atoms with Crippen LogP contribution in [0.5, 0.6) is 0 Å². The third-order valence-electron chi connectivity index (χ3n) is 3.12. The molecule has 0 aliphatic heterocycles. The Morgan fingerprint density at radius 3 is 2.58 bits per heavy atom. The minimum Gasteiger partial charge on any atom is -0.444 e. The first-order valence-electron chi connectivity index (χ1n) is 8.42. The second-order valence-electron chi connectivity index (χ2n) is 6.62. The lowest BCUT2D eigenvalue weighted by molar-refractivity contribution is 0.0527. The van der Waals surface area contributed by atoms with E-state index in [4.69, 9.17) is 15.2 Å². The summed E-state index contributed by atoms with van der Waals surface area (Å²) >= 11 is 0. The summed E-state index contributed by atoms with van der Waals surface area (Å²) in [6.07, 6.45) is 1.22. The topological polar surface area (TPSA) is 98.0 Å². The zero-order valence-electron chi connectivity index (χ0n) is 16.0. The molecule has 148 valence electrons. The Kier molecular flexibility index (Phi) is 12.0. The molecule has 0 fully saturated rings. The highest BCUT2D eigenvalue weighted by Gasteiger charge is 2.15. The summed E-state index contributed by atoms with van der Waals surface area (Å²) in [5.41, 5.74) is 7.34. The zero-order valence-corrected chi connectivity index (χ0v) is 18.3. The van der Waals surface area contributed by atoms with Gasteiger partial charge in [0.2, 0.25) is 0 Å². The van der Waals surface area contributed by atoms with Crippen molar-refractivity contribution in [1.29, 1.82) is 0 Å². The smallest absolute Gasteiger partial charge is 0.407 e. The number of amides is 1. The van der Waals surface area contributed by atoms with E-state index >= 15 is 0 Å². The van der Waals surface area contributed by atoms with Gasteiger partial charge in [-0.05, 0) is 39.7 Å². The largest absolute Gasteiger partial charge is 0.444 e. The van der Waals surface area contributed by atoms with Crippen LogP contribution >= 0.6 is 24.0 Å². The second-order valence-corrected chi connectivity index (χ2v) is 6.62. The first-order chi connectivity index (χ1) is 11.8. The van der Waals surface area contributed by atoms with Gasteiger partial charge in [0.1, 0.15) is 5.60 Å². The summed E-state index contributed by atoms with van der Waals surface area (Å²) in [5, 5.41) is 5.81. The highest BCUT2D eigenvalue weighted by molar-refractivity contribution is 14.0. The van der Waals surface area contributed by atoms with Crippen molar-refractivity contribution in [3.8, 4) is 0 Å². The summed E-state index contributed by atoms with van der Waals surface area (Å²) in [6, 6.07) is 7.78. The number of alkyl carbamates (subject to hydrolysis) is 1. The van der Waals surface area contributed by atoms with E-state index in [1.165, 1.54) is 0 Å². The molecule has 4 N–H and O–H groups in total. The number of carbonyl (C=O) groups is 1. The number of hydrogen-bond acceptors (Lipinski definition) is 4. The van der Waals surface area contributed by atoms with Crippen molar-refractivity contribution in [2.45, 2.75) is 45.8 Å². The summed E-state index contributed by atoms with van der Waals surface area (Å²) in [6.45, 7) is 7.15. The molecule has 0 bridgehead atoms. The maximum absolute atomic E-state index is 11.5. The van der Waals surface area contributed by atoms with E-state index in [1.54, 1.807) is 7.11 Å². The van der Waals surface area contributed by atoms with Crippen molar-refractivity contribution in [1.82, 2.24) is 5.32 Å². The van der Waals surface area contributed by atoms with Gasteiger partial charge in [0.05, 0.1) is 6.61 Å². The number of guanidine groups is 1. The predicted octanol–water partition coefficient (Wildman–Crippen LogP) is 3.48. The third-order valence-corrected chi connectivity index (χ3v) is 3.12. The van der Waals surface area contributed by atoms with E-state index in [-0.39, 0.29) is 24.0 Å². The van der Waals surface area contributed by atoms with Gasteiger partial charge in [0, 0.05) is 31.5 Å². The number of rotatable bonds is 8. The number of methoxy groups -OCH3 is 1. The van der Waals surface area contributed by atoms with E-state index in [1.807, 2.05) is 45.0 Å². The Morgan fingerprint density at radius 2 is 1.92 bits per heavy atom. The average molecular weight is 478 g/mol. The van der Waals surface area contributed by atoms with Crippen LogP contribution in [0.1, 0.15) is 39.2 Å². The average Bonchev–Trinajstić information content (AvgIpc) is 2.51. The van der Waals surface area contributed by atoms with Gasteiger partial charge in [-0.25, -0.2) is 4.79 Å². The van der Waals surface area contributed by atoms with Gasteiger partial charge in [0.25, 0.3) is 0 Å². The fourth-order valence-corrected chi connectivity index (χ4v) is 2.04. The molecule has 0 spiro atoms. The first-order valence-corrected chi connectivity index (χ1v) is 8.42. The molecule has 0 saturated heterocycles. The molecule has 1 amide bonds. The molecule has 0 atom stereocenters. The number of ether oxygens (including phenoxy) is 2. The molecule has 0 radical (unpaired) electrons. The van der Waals surface area contributed by atoms with Crippen LogP contribution in [0, 0.1) is 0 Å².